The molecule has 0 aliphatic carbocycles. The lowest BCUT2D eigenvalue weighted by molar-refractivity contribution is 0.585. The van der Waals surface area contributed by atoms with Gasteiger partial charge in [0.15, 0.2) is 0 Å². The number of aromatic nitrogens is 4. The highest BCUT2D eigenvalue weighted by Gasteiger charge is 2.08. The van der Waals surface area contributed by atoms with Crippen molar-refractivity contribution in [2.75, 3.05) is 0 Å². The van der Waals surface area contributed by atoms with E-state index in [0.29, 0.717) is 17.3 Å². The Morgan fingerprint density at radius 1 is 1.20 bits per heavy atom. The van der Waals surface area contributed by atoms with Gasteiger partial charge in [-0.2, -0.15) is 4.39 Å². The molecule has 0 unspecified atom stereocenters. The second kappa shape index (κ2) is 5.00. The fourth-order valence-electron chi connectivity index (χ4n) is 2.14. The van der Waals surface area contributed by atoms with Crippen molar-refractivity contribution in [1.29, 1.82) is 0 Å². The quantitative estimate of drug-likeness (QED) is 0.742. The maximum atomic E-state index is 13.2. The third-order valence-corrected chi connectivity index (χ3v) is 3.00. The van der Waals surface area contributed by atoms with Gasteiger partial charge in [-0.1, -0.05) is 19.9 Å². The van der Waals surface area contributed by atoms with E-state index in [4.69, 9.17) is 0 Å². The number of nitrogens with one attached hydrogen (secondary N) is 1. The minimum Gasteiger partial charge on any atom is -0.341 e. The van der Waals surface area contributed by atoms with Crippen LogP contribution in [0.2, 0.25) is 0 Å². The standard InChI is InChI=1S/C15H15FN4/c1-9(2)6-15-19-12-7-11(17-8-13(12)20-15)10-4-3-5-14(16)18-10/h3-5,7-9H,6H2,1-2H3,(H,19,20). The highest BCUT2D eigenvalue weighted by molar-refractivity contribution is 5.78. The smallest absolute Gasteiger partial charge is 0.213 e. The Bertz CT molecular complexity index is 748. The molecule has 3 aromatic rings. The van der Waals surface area contributed by atoms with Gasteiger partial charge in [0.05, 0.1) is 28.6 Å². The number of fused-ring (bicyclic) bond motifs is 1. The highest BCUT2D eigenvalue weighted by atomic mass is 19.1. The first-order chi connectivity index (χ1) is 9.61. The van der Waals surface area contributed by atoms with Gasteiger partial charge in [0.1, 0.15) is 5.82 Å². The molecule has 0 amide bonds. The Hall–Kier alpha value is -2.30. The van der Waals surface area contributed by atoms with Crippen LogP contribution in [0.3, 0.4) is 0 Å². The number of hydrogen-bond acceptors (Lipinski definition) is 3. The monoisotopic (exact) mass is 270 g/mol. The summed E-state index contributed by atoms with van der Waals surface area (Å²) in [5.74, 6) is 0.973. The fourth-order valence-corrected chi connectivity index (χ4v) is 2.14. The predicted molar refractivity (Wildman–Crippen MR) is 75.6 cm³/mol. The molecule has 0 radical (unpaired) electrons. The van der Waals surface area contributed by atoms with Gasteiger partial charge in [-0.3, -0.25) is 4.98 Å². The minimum absolute atomic E-state index is 0.507. The summed E-state index contributed by atoms with van der Waals surface area (Å²) in [4.78, 5) is 15.9. The minimum atomic E-state index is -0.507. The van der Waals surface area contributed by atoms with Crippen LogP contribution in [0.4, 0.5) is 4.39 Å². The number of aromatic amines is 1. The van der Waals surface area contributed by atoms with Crippen LogP contribution in [0.25, 0.3) is 22.4 Å². The fraction of sp³-hybridized carbons (Fsp3) is 0.267. The van der Waals surface area contributed by atoms with E-state index in [0.717, 1.165) is 23.3 Å². The Kier molecular flexibility index (Phi) is 3.18. The first-order valence-corrected chi connectivity index (χ1v) is 6.59. The zero-order valence-electron chi connectivity index (χ0n) is 11.4. The van der Waals surface area contributed by atoms with Gasteiger partial charge in [0.25, 0.3) is 0 Å². The zero-order chi connectivity index (χ0) is 14.1. The lowest BCUT2D eigenvalue weighted by Gasteiger charge is -1.99. The van der Waals surface area contributed by atoms with Crippen molar-refractivity contribution >= 4 is 11.0 Å². The van der Waals surface area contributed by atoms with Crippen LogP contribution in [0.1, 0.15) is 19.7 Å². The van der Waals surface area contributed by atoms with Crippen molar-refractivity contribution in [3.63, 3.8) is 0 Å². The van der Waals surface area contributed by atoms with E-state index in [2.05, 4.69) is 33.8 Å². The van der Waals surface area contributed by atoms with Gasteiger partial charge in [0.2, 0.25) is 5.95 Å². The maximum Gasteiger partial charge on any atom is 0.213 e. The molecule has 0 spiro atoms. The molecule has 3 rings (SSSR count). The van der Waals surface area contributed by atoms with Crippen molar-refractivity contribution in [3.05, 3.63) is 42.2 Å². The molecule has 3 aromatic heterocycles. The Morgan fingerprint density at radius 2 is 2.05 bits per heavy atom. The molecular weight excluding hydrogens is 255 g/mol. The van der Waals surface area contributed by atoms with Gasteiger partial charge in [-0.05, 0) is 24.1 Å². The zero-order valence-corrected chi connectivity index (χ0v) is 11.4. The van der Waals surface area contributed by atoms with Gasteiger partial charge in [-0.15, -0.1) is 0 Å². The third-order valence-electron chi connectivity index (χ3n) is 3.00. The normalized spacial score (nSPS) is 11.4. The second-order valence-corrected chi connectivity index (χ2v) is 5.21. The van der Waals surface area contributed by atoms with Crippen molar-refractivity contribution < 1.29 is 4.39 Å². The van der Waals surface area contributed by atoms with Crippen LogP contribution in [0.15, 0.2) is 30.5 Å². The Morgan fingerprint density at radius 3 is 2.80 bits per heavy atom. The van der Waals surface area contributed by atoms with E-state index in [-0.39, 0.29) is 0 Å². The topological polar surface area (TPSA) is 54.5 Å². The molecule has 20 heavy (non-hydrogen) atoms. The van der Waals surface area contributed by atoms with Crippen molar-refractivity contribution in [2.45, 2.75) is 20.3 Å². The highest BCUT2D eigenvalue weighted by Crippen LogP contribution is 2.20. The van der Waals surface area contributed by atoms with E-state index < -0.39 is 5.95 Å². The Labute approximate surface area is 116 Å². The number of H-pyrrole nitrogens is 1. The van der Waals surface area contributed by atoms with E-state index in [1.807, 2.05) is 6.07 Å². The lowest BCUT2D eigenvalue weighted by Crippen LogP contribution is -1.95. The number of nitrogens with zero attached hydrogens (tertiary/aromatic N) is 3. The lowest BCUT2D eigenvalue weighted by atomic mass is 10.1. The largest absolute Gasteiger partial charge is 0.341 e. The molecule has 0 bridgehead atoms. The van der Waals surface area contributed by atoms with Gasteiger partial charge in [-0.25, -0.2) is 9.97 Å². The molecule has 5 heteroatoms. The summed E-state index contributed by atoms with van der Waals surface area (Å²) in [7, 11) is 0. The van der Waals surface area contributed by atoms with E-state index in [1.54, 1.807) is 18.3 Å². The average molecular weight is 270 g/mol. The molecule has 0 aliphatic rings. The van der Waals surface area contributed by atoms with Crippen LogP contribution in [-0.2, 0) is 6.42 Å². The molecule has 0 aromatic carbocycles. The summed E-state index contributed by atoms with van der Waals surface area (Å²) in [5, 5.41) is 0. The first-order valence-electron chi connectivity index (χ1n) is 6.59. The predicted octanol–water partition coefficient (Wildman–Crippen LogP) is 3.36. The number of rotatable bonds is 3. The number of imidazole rings is 1. The van der Waals surface area contributed by atoms with Crippen LogP contribution in [0, 0.1) is 11.9 Å². The van der Waals surface area contributed by atoms with Crippen molar-refractivity contribution in [3.8, 4) is 11.4 Å². The van der Waals surface area contributed by atoms with Gasteiger partial charge >= 0.3 is 0 Å². The SMILES string of the molecule is CC(C)Cc1nc2cc(-c3cccc(F)n3)ncc2[nH]1. The van der Waals surface area contributed by atoms with E-state index >= 15 is 0 Å². The molecule has 0 saturated heterocycles. The van der Waals surface area contributed by atoms with Crippen LogP contribution in [0.5, 0.6) is 0 Å². The third kappa shape index (κ3) is 2.52. The molecule has 1 N–H and O–H groups in total. The molecule has 0 saturated carbocycles. The van der Waals surface area contributed by atoms with Crippen LogP contribution in [-0.4, -0.2) is 19.9 Å². The summed E-state index contributed by atoms with van der Waals surface area (Å²) >= 11 is 0. The first kappa shape index (κ1) is 12.7. The molecule has 0 atom stereocenters. The number of halogens is 1. The molecule has 0 aliphatic heterocycles. The Balaban J connectivity index is 2.02. The molecule has 4 nitrogen and oxygen atoms in total. The van der Waals surface area contributed by atoms with Gasteiger partial charge < -0.3 is 4.98 Å². The van der Waals surface area contributed by atoms with Gasteiger partial charge in [0, 0.05) is 6.42 Å². The maximum absolute atomic E-state index is 13.2. The summed E-state index contributed by atoms with van der Waals surface area (Å²) in [6, 6.07) is 6.51. The molecule has 0 fully saturated rings. The van der Waals surface area contributed by atoms with Crippen molar-refractivity contribution in [1.82, 2.24) is 19.9 Å². The van der Waals surface area contributed by atoms with Crippen molar-refractivity contribution in [2.24, 2.45) is 5.92 Å². The second-order valence-electron chi connectivity index (χ2n) is 5.21. The number of pyridine rings is 2. The number of hydrogen-bond donors (Lipinski definition) is 1. The van der Waals surface area contributed by atoms with E-state index in [1.165, 1.54) is 6.07 Å². The summed E-state index contributed by atoms with van der Waals surface area (Å²) < 4.78 is 13.2. The summed E-state index contributed by atoms with van der Waals surface area (Å²) in [5.41, 5.74) is 2.86. The molecular formula is C15H15FN4. The summed E-state index contributed by atoms with van der Waals surface area (Å²) in [6.45, 7) is 4.29. The molecule has 102 valence electrons. The molecule has 3 heterocycles. The van der Waals surface area contributed by atoms with Crippen LogP contribution < -0.4 is 0 Å². The van der Waals surface area contributed by atoms with E-state index in [9.17, 15) is 4.39 Å². The average Bonchev–Trinajstić information content (AvgIpc) is 2.78. The summed E-state index contributed by atoms with van der Waals surface area (Å²) in [6.07, 6.45) is 2.61. The van der Waals surface area contributed by atoms with Crippen LogP contribution >= 0.6 is 0 Å².